The number of aromatic nitrogens is 2. The summed E-state index contributed by atoms with van der Waals surface area (Å²) in [5.41, 5.74) is 0.464. The first-order valence-corrected chi connectivity index (χ1v) is 9.32. The van der Waals surface area contributed by atoms with Gasteiger partial charge in [0.05, 0.1) is 13.2 Å². The Labute approximate surface area is 149 Å². The van der Waals surface area contributed by atoms with E-state index in [1.54, 1.807) is 12.3 Å². The topological polar surface area (TPSA) is 67.8 Å². The lowest BCUT2D eigenvalue weighted by Gasteiger charge is -2.37. The van der Waals surface area contributed by atoms with Crippen molar-refractivity contribution < 1.29 is 14.3 Å². The summed E-state index contributed by atoms with van der Waals surface area (Å²) in [6.45, 7) is 8.61. The third-order valence-corrected chi connectivity index (χ3v) is 4.76. The Hall–Kier alpha value is -1.73. The summed E-state index contributed by atoms with van der Waals surface area (Å²) in [6.07, 6.45) is 5.16. The minimum absolute atomic E-state index is 0.0376. The summed E-state index contributed by atoms with van der Waals surface area (Å²) < 4.78 is 11.5. The molecule has 1 amide bonds. The number of nitrogens with zero attached hydrogens (tertiary/aromatic N) is 4. The van der Waals surface area contributed by atoms with E-state index < -0.39 is 5.79 Å². The van der Waals surface area contributed by atoms with Gasteiger partial charge in [0, 0.05) is 45.2 Å². The van der Waals surface area contributed by atoms with Crippen molar-refractivity contribution in [2.75, 3.05) is 44.3 Å². The highest BCUT2D eigenvalue weighted by molar-refractivity contribution is 5.92. The average molecular weight is 348 g/mol. The molecule has 1 aromatic heterocycles. The summed E-state index contributed by atoms with van der Waals surface area (Å²) in [4.78, 5) is 25.7. The number of ether oxygens (including phenoxy) is 2. The molecule has 0 N–H and O–H groups in total. The van der Waals surface area contributed by atoms with Crippen molar-refractivity contribution >= 4 is 11.9 Å². The van der Waals surface area contributed by atoms with Gasteiger partial charge in [-0.1, -0.05) is 13.8 Å². The van der Waals surface area contributed by atoms with Gasteiger partial charge < -0.3 is 19.3 Å². The van der Waals surface area contributed by atoms with E-state index in [0.717, 1.165) is 25.9 Å². The van der Waals surface area contributed by atoms with Crippen LogP contribution >= 0.6 is 0 Å². The zero-order valence-corrected chi connectivity index (χ0v) is 15.2. The Kier molecular flexibility index (Phi) is 5.86. The third-order valence-electron chi connectivity index (χ3n) is 4.76. The molecule has 2 fully saturated rings. The second-order valence-electron chi connectivity index (χ2n) is 6.63. The zero-order chi connectivity index (χ0) is 17.7. The minimum Gasteiger partial charge on any atom is -0.347 e. The van der Waals surface area contributed by atoms with E-state index in [9.17, 15) is 4.79 Å². The Balaban J connectivity index is 1.67. The zero-order valence-electron chi connectivity index (χ0n) is 15.2. The van der Waals surface area contributed by atoms with Gasteiger partial charge in [0.25, 0.3) is 5.91 Å². The molecule has 2 aliphatic rings. The van der Waals surface area contributed by atoms with Gasteiger partial charge in [0.1, 0.15) is 5.69 Å². The molecule has 0 unspecified atom stereocenters. The second-order valence-corrected chi connectivity index (χ2v) is 6.63. The minimum atomic E-state index is -0.466. The number of likely N-dealkylation sites (tertiary alicyclic amines) is 1. The molecule has 0 bridgehead atoms. The molecule has 1 aromatic rings. The van der Waals surface area contributed by atoms with Crippen molar-refractivity contribution in [1.29, 1.82) is 0 Å². The van der Waals surface area contributed by atoms with E-state index in [4.69, 9.17) is 9.47 Å². The molecule has 25 heavy (non-hydrogen) atoms. The summed E-state index contributed by atoms with van der Waals surface area (Å²) in [5, 5.41) is 0. The number of piperidine rings is 1. The standard InChI is InChI=1S/C18H28N4O3/c1-3-9-22(10-4-2)17-19-8-5-15(20-17)16(23)21-11-6-18(7-12-21)24-13-14-25-18/h5,8H,3-4,6-7,9-14H2,1-2H3. The fourth-order valence-corrected chi connectivity index (χ4v) is 3.47. The monoisotopic (exact) mass is 348 g/mol. The van der Waals surface area contributed by atoms with E-state index in [1.165, 1.54) is 0 Å². The fourth-order valence-electron chi connectivity index (χ4n) is 3.47. The predicted octanol–water partition coefficient (Wildman–Crippen LogP) is 2.08. The molecule has 1 spiro atoms. The lowest BCUT2D eigenvalue weighted by molar-refractivity contribution is -0.181. The van der Waals surface area contributed by atoms with Gasteiger partial charge in [0.2, 0.25) is 5.95 Å². The van der Waals surface area contributed by atoms with Crippen LogP contribution in [0.25, 0.3) is 0 Å². The molecular formula is C18H28N4O3. The first kappa shape index (κ1) is 18.1. The molecule has 0 radical (unpaired) electrons. The fraction of sp³-hybridized carbons (Fsp3) is 0.722. The van der Waals surface area contributed by atoms with Crippen LogP contribution < -0.4 is 4.90 Å². The van der Waals surface area contributed by atoms with Gasteiger partial charge in [-0.25, -0.2) is 9.97 Å². The van der Waals surface area contributed by atoms with Crippen LogP contribution in [0.3, 0.4) is 0 Å². The van der Waals surface area contributed by atoms with Crippen LogP contribution in [-0.4, -0.2) is 66.0 Å². The van der Waals surface area contributed by atoms with Crippen LogP contribution in [0.2, 0.25) is 0 Å². The molecule has 0 aliphatic carbocycles. The van der Waals surface area contributed by atoms with Gasteiger partial charge in [-0.05, 0) is 18.9 Å². The molecule has 0 atom stereocenters. The summed E-state index contributed by atoms with van der Waals surface area (Å²) in [7, 11) is 0. The van der Waals surface area contributed by atoms with Gasteiger partial charge in [0.15, 0.2) is 5.79 Å². The van der Waals surface area contributed by atoms with Gasteiger partial charge in [-0.3, -0.25) is 4.79 Å². The smallest absolute Gasteiger partial charge is 0.272 e. The lowest BCUT2D eigenvalue weighted by atomic mass is 10.0. The SMILES string of the molecule is CCCN(CCC)c1nccc(C(=O)N2CCC3(CC2)OCCO3)n1. The number of carbonyl (C=O) groups is 1. The highest BCUT2D eigenvalue weighted by Crippen LogP contribution is 2.31. The molecule has 2 saturated heterocycles. The molecule has 0 saturated carbocycles. The number of hydrogen-bond acceptors (Lipinski definition) is 6. The Morgan fingerprint density at radius 1 is 1.20 bits per heavy atom. The van der Waals surface area contributed by atoms with Crippen molar-refractivity contribution in [3.05, 3.63) is 18.0 Å². The van der Waals surface area contributed by atoms with E-state index in [0.29, 0.717) is 50.8 Å². The number of carbonyl (C=O) groups excluding carboxylic acids is 1. The molecule has 2 aliphatic heterocycles. The number of rotatable bonds is 6. The Bertz CT molecular complexity index is 573. The average Bonchev–Trinajstić information content (AvgIpc) is 3.10. The highest BCUT2D eigenvalue weighted by Gasteiger charge is 2.41. The molecule has 0 aromatic carbocycles. The molecule has 3 heterocycles. The first-order chi connectivity index (χ1) is 12.2. The largest absolute Gasteiger partial charge is 0.347 e. The lowest BCUT2D eigenvalue weighted by Crippen LogP contribution is -2.47. The van der Waals surface area contributed by atoms with Crippen LogP contribution in [0.15, 0.2) is 12.3 Å². The van der Waals surface area contributed by atoms with Crippen molar-refractivity contribution in [1.82, 2.24) is 14.9 Å². The predicted molar refractivity (Wildman–Crippen MR) is 94.6 cm³/mol. The van der Waals surface area contributed by atoms with Crippen molar-refractivity contribution in [2.24, 2.45) is 0 Å². The van der Waals surface area contributed by atoms with Crippen LogP contribution in [-0.2, 0) is 9.47 Å². The normalized spacial score (nSPS) is 19.4. The quantitative estimate of drug-likeness (QED) is 0.784. The van der Waals surface area contributed by atoms with E-state index in [2.05, 4.69) is 28.7 Å². The van der Waals surface area contributed by atoms with Crippen LogP contribution in [0.1, 0.15) is 50.0 Å². The number of anilines is 1. The van der Waals surface area contributed by atoms with E-state index in [-0.39, 0.29) is 5.91 Å². The van der Waals surface area contributed by atoms with Gasteiger partial charge >= 0.3 is 0 Å². The number of amides is 1. The van der Waals surface area contributed by atoms with E-state index in [1.807, 2.05) is 4.90 Å². The molecular weight excluding hydrogens is 320 g/mol. The molecule has 138 valence electrons. The van der Waals surface area contributed by atoms with Crippen LogP contribution in [0, 0.1) is 0 Å². The molecule has 3 rings (SSSR count). The maximum absolute atomic E-state index is 12.8. The second kappa shape index (κ2) is 8.10. The molecule has 7 heteroatoms. The van der Waals surface area contributed by atoms with Crippen molar-refractivity contribution in [3.8, 4) is 0 Å². The van der Waals surface area contributed by atoms with E-state index >= 15 is 0 Å². The highest BCUT2D eigenvalue weighted by atomic mass is 16.7. The van der Waals surface area contributed by atoms with Gasteiger partial charge in [-0.2, -0.15) is 0 Å². The van der Waals surface area contributed by atoms with Crippen LogP contribution in [0.4, 0.5) is 5.95 Å². The van der Waals surface area contributed by atoms with Crippen molar-refractivity contribution in [2.45, 2.75) is 45.3 Å². The van der Waals surface area contributed by atoms with Crippen molar-refractivity contribution in [3.63, 3.8) is 0 Å². The summed E-state index contributed by atoms with van der Waals surface area (Å²) in [6, 6.07) is 1.70. The summed E-state index contributed by atoms with van der Waals surface area (Å²) in [5.74, 6) is 0.141. The van der Waals surface area contributed by atoms with Gasteiger partial charge in [-0.15, -0.1) is 0 Å². The third kappa shape index (κ3) is 4.10. The maximum Gasteiger partial charge on any atom is 0.272 e. The first-order valence-electron chi connectivity index (χ1n) is 9.32. The Morgan fingerprint density at radius 3 is 2.44 bits per heavy atom. The Morgan fingerprint density at radius 2 is 1.84 bits per heavy atom. The summed E-state index contributed by atoms with van der Waals surface area (Å²) >= 11 is 0. The maximum atomic E-state index is 12.8. The molecule has 7 nitrogen and oxygen atoms in total. The van der Waals surface area contributed by atoms with Crippen LogP contribution in [0.5, 0.6) is 0 Å². The number of hydrogen-bond donors (Lipinski definition) is 0.